The molecule has 0 spiro atoms. The molecular formula is C14H16Cl2N2O3. The lowest BCUT2D eigenvalue weighted by Crippen LogP contribution is -2.35. The van der Waals surface area contributed by atoms with Gasteiger partial charge in [0.25, 0.3) is 11.6 Å². The molecule has 114 valence electrons. The van der Waals surface area contributed by atoms with Crippen LogP contribution in [0.1, 0.15) is 36.0 Å². The van der Waals surface area contributed by atoms with E-state index in [-0.39, 0.29) is 27.6 Å². The van der Waals surface area contributed by atoms with Crippen LogP contribution in [0, 0.1) is 16.0 Å². The van der Waals surface area contributed by atoms with Crippen LogP contribution in [0.2, 0.25) is 5.02 Å². The number of amides is 1. The molecule has 1 fully saturated rings. The third kappa shape index (κ3) is 3.86. The summed E-state index contributed by atoms with van der Waals surface area (Å²) in [6.45, 7) is 0.412. The number of benzene rings is 1. The Hall–Kier alpha value is -1.33. The molecule has 0 heterocycles. The molecule has 1 N–H and O–H groups in total. The molecular weight excluding hydrogens is 315 g/mol. The summed E-state index contributed by atoms with van der Waals surface area (Å²) in [5.74, 6) is -0.326. The van der Waals surface area contributed by atoms with Gasteiger partial charge in [-0.15, -0.1) is 11.6 Å². The molecule has 0 aromatic heterocycles. The van der Waals surface area contributed by atoms with E-state index >= 15 is 0 Å². The summed E-state index contributed by atoms with van der Waals surface area (Å²) in [7, 11) is 0. The summed E-state index contributed by atoms with van der Waals surface area (Å²) >= 11 is 12.2. The highest BCUT2D eigenvalue weighted by Gasteiger charge is 2.26. The summed E-state index contributed by atoms with van der Waals surface area (Å²) in [6, 6.07) is 4.19. The number of nitrogens with zero attached hydrogens (tertiary/aromatic N) is 1. The van der Waals surface area contributed by atoms with Crippen molar-refractivity contribution in [2.24, 2.45) is 5.92 Å². The van der Waals surface area contributed by atoms with E-state index in [0.717, 1.165) is 25.7 Å². The molecule has 7 heteroatoms. The van der Waals surface area contributed by atoms with Crippen molar-refractivity contribution in [2.75, 3.05) is 6.54 Å². The van der Waals surface area contributed by atoms with E-state index in [1.165, 1.54) is 18.2 Å². The predicted molar refractivity (Wildman–Crippen MR) is 82.0 cm³/mol. The van der Waals surface area contributed by atoms with Gasteiger partial charge in [-0.05, 0) is 24.8 Å². The van der Waals surface area contributed by atoms with E-state index in [9.17, 15) is 14.9 Å². The third-order valence-electron chi connectivity index (χ3n) is 3.76. The minimum Gasteiger partial charge on any atom is -0.351 e. The molecule has 0 bridgehead atoms. The number of carbonyl (C=O) groups is 1. The molecule has 2 rings (SSSR count). The smallest absolute Gasteiger partial charge is 0.283 e. The number of nitrogens with one attached hydrogen (secondary N) is 1. The van der Waals surface area contributed by atoms with Gasteiger partial charge in [0.05, 0.1) is 9.95 Å². The fraction of sp³-hybridized carbons (Fsp3) is 0.500. The normalized spacial score (nSPS) is 21.8. The van der Waals surface area contributed by atoms with E-state index in [4.69, 9.17) is 23.2 Å². The highest BCUT2D eigenvalue weighted by molar-refractivity contribution is 6.34. The molecule has 1 aromatic rings. The van der Waals surface area contributed by atoms with Crippen LogP contribution in [0.15, 0.2) is 18.2 Å². The van der Waals surface area contributed by atoms with Crippen LogP contribution < -0.4 is 5.32 Å². The molecule has 1 aromatic carbocycles. The first-order chi connectivity index (χ1) is 10.0. The van der Waals surface area contributed by atoms with Gasteiger partial charge in [-0.3, -0.25) is 14.9 Å². The van der Waals surface area contributed by atoms with Crippen LogP contribution in [-0.2, 0) is 0 Å². The molecule has 1 aliphatic carbocycles. The maximum absolute atomic E-state index is 12.2. The van der Waals surface area contributed by atoms with E-state index in [1.54, 1.807) is 0 Å². The van der Waals surface area contributed by atoms with Gasteiger partial charge in [-0.1, -0.05) is 30.5 Å². The van der Waals surface area contributed by atoms with Crippen LogP contribution in [0.25, 0.3) is 0 Å². The van der Waals surface area contributed by atoms with E-state index in [2.05, 4.69) is 5.32 Å². The SMILES string of the molecule is O=C(NCC1CCCCC1Cl)c1c(Cl)cccc1[N+](=O)[O-]. The highest BCUT2D eigenvalue weighted by Crippen LogP contribution is 2.29. The molecule has 2 unspecified atom stereocenters. The molecule has 0 saturated heterocycles. The van der Waals surface area contributed by atoms with Gasteiger partial charge in [0.1, 0.15) is 5.56 Å². The van der Waals surface area contributed by atoms with E-state index in [0.29, 0.717) is 6.54 Å². The predicted octanol–water partition coefficient (Wildman–Crippen LogP) is 3.78. The molecule has 1 amide bonds. The van der Waals surface area contributed by atoms with Gasteiger partial charge in [0, 0.05) is 18.0 Å². The lowest BCUT2D eigenvalue weighted by molar-refractivity contribution is -0.385. The van der Waals surface area contributed by atoms with Gasteiger partial charge in [-0.25, -0.2) is 0 Å². The molecule has 1 saturated carbocycles. The summed E-state index contributed by atoms with van der Waals surface area (Å²) in [4.78, 5) is 22.6. The fourth-order valence-electron chi connectivity index (χ4n) is 2.59. The van der Waals surface area contributed by atoms with Gasteiger partial charge < -0.3 is 5.32 Å². The number of hydrogen-bond donors (Lipinski definition) is 1. The average Bonchev–Trinajstić information content (AvgIpc) is 2.45. The molecule has 1 aliphatic rings. The van der Waals surface area contributed by atoms with Crippen LogP contribution in [0.3, 0.4) is 0 Å². The summed E-state index contributed by atoms with van der Waals surface area (Å²) < 4.78 is 0. The molecule has 2 atom stereocenters. The molecule has 21 heavy (non-hydrogen) atoms. The molecule has 5 nitrogen and oxygen atoms in total. The van der Waals surface area contributed by atoms with Crippen molar-refractivity contribution < 1.29 is 9.72 Å². The number of halogens is 2. The zero-order chi connectivity index (χ0) is 15.4. The Balaban J connectivity index is 2.08. The number of rotatable bonds is 4. The van der Waals surface area contributed by atoms with Crippen molar-refractivity contribution in [3.05, 3.63) is 38.9 Å². The van der Waals surface area contributed by atoms with E-state index in [1.807, 2.05) is 0 Å². The van der Waals surface area contributed by atoms with Crippen molar-refractivity contribution in [3.63, 3.8) is 0 Å². The summed E-state index contributed by atoms with van der Waals surface area (Å²) in [5, 5.41) is 13.8. The highest BCUT2D eigenvalue weighted by atomic mass is 35.5. The van der Waals surface area contributed by atoms with Crippen LogP contribution in [0.5, 0.6) is 0 Å². The van der Waals surface area contributed by atoms with Crippen LogP contribution >= 0.6 is 23.2 Å². The molecule has 0 radical (unpaired) electrons. The quantitative estimate of drug-likeness (QED) is 0.518. The standard InChI is InChI=1S/C14H16Cl2N2O3/c15-10-5-2-1-4-9(10)8-17-14(19)13-11(16)6-3-7-12(13)18(20)21/h3,6-7,9-10H,1-2,4-5,8H2,(H,17,19). The van der Waals surface area contributed by atoms with Crippen molar-refractivity contribution in [3.8, 4) is 0 Å². The second-order valence-corrected chi connectivity index (χ2v) is 6.13. The number of carbonyl (C=O) groups excluding carboxylic acids is 1. The van der Waals surface area contributed by atoms with Crippen LogP contribution in [0.4, 0.5) is 5.69 Å². The first-order valence-corrected chi connectivity index (χ1v) is 7.67. The Morgan fingerprint density at radius 2 is 2.10 bits per heavy atom. The van der Waals surface area contributed by atoms with Crippen molar-refractivity contribution in [1.82, 2.24) is 5.32 Å². The van der Waals surface area contributed by atoms with Crippen molar-refractivity contribution >= 4 is 34.8 Å². The fourth-order valence-corrected chi connectivity index (χ4v) is 3.22. The largest absolute Gasteiger partial charge is 0.351 e. The van der Waals surface area contributed by atoms with Gasteiger partial charge in [0.2, 0.25) is 0 Å². The Bertz CT molecular complexity index is 551. The second-order valence-electron chi connectivity index (χ2n) is 5.16. The Kier molecular flexibility index (Phi) is 5.42. The number of nitro groups is 1. The monoisotopic (exact) mass is 330 g/mol. The van der Waals surface area contributed by atoms with Crippen molar-refractivity contribution in [2.45, 2.75) is 31.1 Å². The lowest BCUT2D eigenvalue weighted by Gasteiger charge is -2.27. The average molecular weight is 331 g/mol. The zero-order valence-corrected chi connectivity index (χ0v) is 12.9. The Morgan fingerprint density at radius 3 is 2.76 bits per heavy atom. The first kappa shape index (κ1) is 16.0. The zero-order valence-electron chi connectivity index (χ0n) is 11.4. The Labute approximate surface area is 132 Å². The van der Waals surface area contributed by atoms with Gasteiger partial charge in [0.15, 0.2) is 0 Å². The topological polar surface area (TPSA) is 72.2 Å². The van der Waals surface area contributed by atoms with Gasteiger partial charge >= 0.3 is 0 Å². The molecule has 0 aliphatic heterocycles. The minimum absolute atomic E-state index is 0.0419. The van der Waals surface area contributed by atoms with Crippen LogP contribution in [-0.4, -0.2) is 22.8 Å². The summed E-state index contributed by atoms with van der Waals surface area (Å²) in [6.07, 6.45) is 4.10. The third-order valence-corrected chi connectivity index (χ3v) is 4.65. The van der Waals surface area contributed by atoms with Crippen molar-refractivity contribution in [1.29, 1.82) is 0 Å². The maximum atomic E-state index is 12.2. The number of alkyl halides is 1. The summed E-state index contributed by atoms with van der Waals surface area (Å²) in [5.41, 5.74) is -0.378. The van der Waals surface area contributed by atoms with E-state index < -0.39 is 10.8 Å². The first-order valence-electron chi connectivity index (χ1n) is 6.86. The number of nitro benzene ring substituents is 1. The second kappa shape index (κ2) is 7.09. The minimum atomic E-state index is -0.605. The number of hydrogen-bond acceptors (Lipinski definition) is 3. The van der Waals surface area contributed by atoms with Gasteiger partial charge in [-0.2, -0.15) is 0 Å². The maximum Gasteiger partial charge on any atom is 0.283 e. The lowest BCUT2D eigenvalue weighted by atomic mass is 9.88. The Morgan fingerprint density at radius 1 is 1.38 bits per heavy atom.